The number of benzene rings is 2. The Bertz CT molecular complexity index is 1120. The molecule has 3 aromatic rings. The van der Waals surface area contributed by atoms with Gasteiger partial charge in [0.15, 0.2) is 11.0 Å². The molecule has 0 aliphatic rings. The van der Waals surface area contributed by atoms with Crippen molar-refractivity contribution in [2.45, 2.75) is 18.6 Å². The highest BCUT2D eigenvalue weighted by atomic mass is 35.5. The highest BCUT2D eigenvalue weighted by Gasteiger charge is 2.17. The number of hydrogen-bond acceptors (Lipinski definition) is 6. The fourth-order valence-electron chi connectivity index (χ4n) is 2.77. The van der Waals surface area contributed by atoms with Gasteiger partial charge in [0.05, 0.1) is 10.7 Å². The van der Waals surface area contributed by atoms with Gasteiger partial charge in [0.2, 0.25) is 5.91 Å². The lowest BCUT2D eigenvalue weighted by Crippen LogP contribution is -2.15. The van der Waals surface area contributed by atoms with Crippen molar-refractivity contribution < 1.29 is 9.72 Å². The number of carbonyl (C=O) groups excluding carboxylic acids is 1. The average Bonchev–Trinajstić information content (AvgIpc) is 3.11. The summed E-state index contributed by atoms with van der Waals surface area (Å²) in [6.07, 6.45) is 1.74. The first kappa shape index (κ1) is 21.5. The average molecular weight is 444 g/mol. The molecule has 0 radical (unpaired) electrons. The monoisotopic (exact) mass is 443 g/mol. The molecule has 8 nitrogen and oxygen atoms in total. The topological polar surface area (TPSA) is 103 Å². The van der Waals surface area contributed by atoms with Gasteiger partial charge in [0, 0.05) is 23.9 Å². The number of halogens is 1. The molecule has 0 unspecified atom stereocenters. The molecule has 154 valence electrons. The van der Waals surface area contributed by atoms with Gasteiger partial charge in [-0.1, -0.05) is 53.7 Å². The van der Waals surface area contributed by atoms with E-state index in [-0.39, 0.29) is 22.4 Å². The summed E-state index contributed by atoms with van der Waals surface area (Å²) in [4.78, 5) is 22.7. The normalized spacial score (nSPS) is 10.6. The van der Waals surface area contributed by atoms with Crippen LogP contribution in [0.5, 0.6) is 0 Å². The van der Waals surface area contributed by atoms with E-state index in [0.717, 1.165) is 11.1 Å². The molecule has 2 aromatic carbocycles. The van der Waals surface area contributed by atoms with E-state index in [9.17, 15) is 14.9 Å². The molecule has 3 rings (SSSR count). The lowest BCUT2D eigenvalue weighted by molar-refractivity contribution is -0.384. The minimum Gasteiger partial charge on any atom is -0.325 e. The molecule has 1 amide bonds. The van der Waals surface area contributed by atoms with E-state index in [1.54, 1.807) is 6.08 Å². The Morgan fingerprint density at radius 1 is 1.33 bits per heavy atom. The van der Waals surface area contributed by atoms with Gasteiger partial charge in [0.25, 0.3) is 5.69 Å². The van der Waals surface area contributed by atoms with Gasteiger partial charge in [-0.2, -0.15) is 0 Å². The molecule has 0 spiro atoms. The van der Waals surface area contributed by atoms with E-state index in [0.29, 0.717) is 23.2 Å². The van der Waals surface area contributed by atoms with Gasteiger partial charge in [0.1, 0.15) is 5.02 Å². The number of thioether (sulfide) groups is 1. The van der Waals surface area contributed by atoms with Crippen molar-refractivity contribution in [3.63, 3.8) is 0 Å². The first-order valence-corrected chi connectivity index (χ1v) is 10.2. The van der Waals surface area contributed by atoms with Crippen LogP contribution in [0.2, 0.25) is 5.02 Å². The maximum Gasteiger partial charge on any atom is 0.289 e. The number of hydrogen-bond donors (Lipinski definition) is 1. The third kappa shape index (κ3) is 4.87. The van der Waals surface area contributed by atoms with Crippen LogP contribution < -0.4 is 5.32 Å². The van der Waals surface area contributed by atoms with Gasteiger partial charge in [-0.3, -0.25) is 19.5 Å². The van der Waals surface area contributed by atoms with Gasteiger partial charge in [-0.05, 0) is 24.6 Å². The molecule has 10 heteroatoms. The van der Waals surface area contributed by atoms with E-state index in [4.69, 9.17) is 11.6 Å². The lowest BCUT2D eigenvalue weighted by Gasteiger charge is -2.09. The summed E-state index contributed by atoms with van der Waals surface area (Å²) in [6.45, 7) is 6.27. The van der Waals surface area contributed by atoms with Gasteiger partial charge >= 0.3 is 0 Å². The molecular formula is C20H18ClN5O3S. The van der Waals surface area contributed by atoms with E-state index in [1.165, 1.54) is 30.0 Å². The minimum atomic E-state index is -0.600. The second-order valence-electron chi connectivity index (χ2n) is 6.28. The second-order valence-corrected chi connectivity index (χ2v) is 7.63. The number of nitro groups is 1. The van der Waals surface area contributed by atoms with Crippen molar-refractivity contribution in [2.75, 3.05) is 11.1 Å². The summed E-state index contributed by atoms with van der Waals surface area (Å²) in [7, 11) is 0. The number of nitrogens with one attached hydrogen (secondary N) is 1. The molecule has 0 aliphatic carbocycles. The molecule has 0 saturated carbocycles. The maximum atomic E-state index is 12.3. The zero-order chi connectivity index (χ0) is 21.7. The fraction of sp³-hybridized carbons (Fsp3) is 0.150. The fourth-order valence-corrected chi connectivity index (χ4v) is 3.70. The Labute approximate surface area is 182 Å². The van der Waals surface area contributed by atoms with Gasteiger partial charge in [-0.25, -0.2) is 0 Å². The summed E-state index contributed by atoms with van der Waals surface area (Å²) < 4.78 is 1.89. The smallest absolute Gasteiger partial charge is 0.289 e. The Hall–Kier alpha value is -3.17. The second kappa shape index (κ2) is 9.55. The number of aromatic nitrogens is 3. The van der Waals surface area contributed by atoms with Crippen LogP contribution in [-0.4, -0.2) is 31.3 Å². The van der Waals surface area contributed by atoms with E-state index in [2.05, 4.69) is 22.1 Å². The highest BCUT2D eigenvalue weighted by molar-refractivity contribution is 7.99. The highest BCUT2D eigenvalue weighted by Crippen LogP contribution is 2.28. The number of nitrogens with zero attached hydrogens (tertiary/aromatic N) is 4. The number of carbonyl (C=O) groups is 1. The van der Waals surface area contributed by atoms with Crippen LogP contribution in [0.4, 0.5) is 11.4 Å². The number of anilines is 1. The summed E-state index contributed by atoms with van der Waals surface area (Å²) in [5.41, 5.74) is 2.05. The summed E-state index contributed by atoms with van der Waals surface area (Å²) in [6, 6.07) is 11.9. The predicted molar refractivity (Wildman–Crippen MR) is 118 cm³/mol. The minimum absolute atomic E-state index is 0.00800. The number of nitro benzene ring substituents is 1. The Balaban J connectivity index is 1.74. The Morgan fingerprint density at radius 2 is 2.10 bits per heavy atom. The van der Waals surface area contributed by atoms with Gasteiger partial charge in [-0.15, -0.1) is 16.8 Å². The number of rotatable bonds is 8. The molecule has 0 aliphatic heterocycles. The zero-order valence-electron chi connectivity index (χ0n) is 16.0. The van der Waals surface area contributed by atoms with Crippen molar-refractivity contribution in [1.82, 2.24) is 14.8 Å². The lowest BCUT2D eigenvalue weighted by atomic mass is 10.1. The molecule has 1 heterocycles. The van der Waals surface area contributed by atoms with Gasteiger partial charge < -0.3 is 5.32 Å². The van der Waals surface area contributed by atoms with Crippen molar-refractivity contribution in [2.24, 2.45) is 0 Å². The quantitative estimate of drug-likeness (QED) is 0.233. The van der Waals surface area contributed by atoms with Crippen LogP contribution in [0, 0.1) is 17.0 Å². The molecule has 1 aromatic heterocycles. The van der Waals surface area contributed by atoms with Crippen molar-refractivity contribution in [3.05, 3.63) is 75.8 Å². The van der Waals surface area contributed by atoms with Crippen molar-refractivity contribution in [1.29, 1.82) is 0 Å². The predicted octanol–water partition coefficient (Wildman–Crippen LogP) is 4.73. The van der Waals surface area contributed by atoms with E-state index >= 15 is 0 Å². The molecular weight excluding hydrogens is 426 g/mol. The van der Waals surface area contributed by atoms with Crippen LogP contribution in [-0.2, 0) is 11.3 Å². The molecule has 0 fully saturated rings. The van der Waals surface area contributed by atoms with Crippen LogP contribution in [0.25, 0.3) is 11.4 Å². The summed E-state index contributed by atoms with van der Waals surface area (Å²) in [5.74, 6) is 0.422. The van der Waals surface area contributed by atoms with Crippen molar-refractivity contribution in [3.8, 4) is 11.4 Å². The van der Waals surface area contributed by atoms with Crippen molar-refractivity contribution >= 4 is 40.6 Å². The van der Waals surface area contributed by atoms with Crippen LogP contribution in [0.3, 0.4) is 0 Å². The molecule has 0 bridgehead atoms. The molecule has 1 N–H and O–H groups in total. The zero-order valence-corrected chi connectivity index (χ0v) is 17.6. The first-order chi connectivity index (χ1) is 14.4. The Morgan fingerprint density at radius 3 is 2.80 bits per heavy atom. The van der Waals surface area contributed by atoms with Crippen LogP contribution in [0.1, 0.15) is 5.56 Å². The maximum absolute atomic E-state index is 12.3. The van der Waals surface area contributed by atoms with Crippen LogP contribution in [0.15, 0.2) is 60.3 Å². The standard InChI is InChI=1S/C20H18ClN5O3S/c1-3-10-25-19(15-7-5-4-6-13(15)2)23-24-20(25)30-12-18(27)22-14-8-9-16(21)17(11-14)26(28)29/h3-9,11H,1,10,12H2,2H3,(H,22,27). The third-order valence-corrected chi connectivity index (χ3v) is 5.46. The summed E-state index contributed by atoms with van der Waals surface area (Å²) in [5, 5.41) is 22.7. The molecule has 0 atom stereocenters. The summed E-state index contributed by atoms with van der Waals surface area (Å²) >= 11 is 7.01. The number of aryl methyl sites for hydroxylation is 1. The van der Waals surface area contributed by atoms with Crippen LogP contribution >= 0.6 is 23.4 Å². The van der Waals surface area contributed by atoms with E-state index in [1.807, 2.05) is 35.8 Å². The first-order valence-electron chi connectivity index (χ1n) is 8.87. The number of allylic oxidation sites excluding steroid dienone is 1. The Kier molecular flexibility index (Phi) is 6.86. The molecule has 0 saturated heterocycles. The molecule has 30 heavy (non-hydrogen) atoms. The third-order valence-electron chi connectivity index (χ3n) is 4.17. The van der Waals surface area contributed by atoms with E-state index < -0.39 is 4.92 Å². The largest absolute Gasteiger partial charge is 0.325 e. The SMILES string of the molecule is C=CCn1c(SCC(=O)Nc2ccc(Cl)c([N+](=O)[O-])c2)nnc1-c1ccccc1C. The number of amides is 1.